The Morgan fingerprint density at radius 1 is 1.10 bits per heavy atom. The molecule has 3 aromatic carbocycles. The van der Waals surface area contributed by atoms with Crippen molar-refractivity contribution in [1.29, 1.82) is 0 Å². The number of ether oxygens (including phenoxy) is 2. The second-order valence-corrected chi connectivity index (χ2v) is 9.71. The Morgan fingerprint density at radius 2 is 1.82 bits per heavy atom. The maximum Gasteiger partial charge on any atom is 0.335 e. The van der Waals surface area contributed by atoms with Gasteiger partial charge in [0.05, 0.1) is 16.4 Å². The van der Waals surface area contributed by atoms with Crippen LogP contribution < -0.4 is 25.0 Å². The molecular formula is C28H23FIN3O6. The molecular weight excluding hydrogens is 620 g/mol. The molecule has 200 valence electrons. The molecule has 0 aliphatic carbocycles. The van der Waals surface area contributed by atoms with Crippen LogP contribution in [0.25, 0.3) is 6.08 Å². The highest BCUT2D eigenvalue weighted by atomic mass is 127. The lowest BCUT2D eigenvalue weighted by atomic mass is 10.1. The fraction of sp³-hybridized carbons (Fsp3) is 0.143. The van der Waals surface area contributed by atoms with Gasteiger partial charge in [0.2, 0.25) is 0 Å². The van der Waals surface area contributed by atoms with Crippen molar-refractivity contribution >= 4 is 63.8 Å². The van der Waals surface area contributed by atoms with Crippen LogP contribution in [0.3, 0.4) is 0 Å². The Balaban J connectivity index is 1.55. The van der Waals surface area contributed by atoms with Crippen LogP contribution in [0, 0.1) is 23.2 Å². The van der Waals surface area contributed by atoms with Crippen molar-refractivity contribution in [2.75, 3.05) is 23.9 Å². The number of barbiturate groups is 1. The van der Waals surface area contributed by atoms with Crippen LogP contribution in [0.2, 0.25) is 0 Å². The highest BCUT2D eigenvalue weighted by Gasteiger charge is 2.37. The smallest absolute Gasteiger partial charge is 0.335 e. The van der Waals surface area contributed by atoms with Gasteiger partial charge in [-0.2, -0.15) is 0 Å². The van der Waals surface area contributed by atoms with Crippen LogP contribution in [0.15, 0.2) is 60.2 Å². The van der Waals surface area contributed by atoms with E-state index in [1.807, 2.05) is 48.6 Å². The zero-order valence-electron chi connectivity index (χ0n) is 21.1. The van der Waals surface area contributed by atoms with Crippen LogP contribution in [0.5, 0.6) is 11.5 Å². The van der Waals surface area contributed by atoms with Crippen molar-refractivity contribution < 1.29 is 33.0 Å². The molecule has 1 fully saturated rings. The van der Waals surface area contributed by atoms with Gasteiger partial charge < -0.3 is 14.8 Å². The molecule has 0 atom stereocenters. The topological polar surface area (TPSA) is 114 Å². The molecule has 0 saturated carbocycles. The predicted octanol–water partition coefficient (Wildman–Crippen LogP) is 4.74. The largest absolute Gasteiger partial charge is 0.493 e. The van der Waals surface area contributed by atoms with Gasteiger partial charge in [-0.3, -0.25) is 19.7 Å². The van der Waals surface area contributed by atoms with Gasteiger partial charge in [-0.1, -0.05) is 12.1 Å². The minimum atomic E-state index is -0.941. The number of methoxy groups -OCH3 is 1. The second kappa shape index (κ2) is 11.6. The first kappa shape index (κ1) is 27.8. The molecule has 1 aliphatic heterocycles. The van der Waals surface area contributed by atoms with E-state index in [9.17, 15) is 23.6 Å². The number of rotatable bonds is 7. The monoisotopic (exact) mass is 643 g/mol. The van der Waals surface area contributed by atoms with E-state index in [2.05, 4.69) is 10.6 Å². The number of carbonyl (C=O) groups is 4. The van der Waals surface area contributed by atoms with Crippen LogP contribution in [-0.2, 0) is 14.4 Å². The lowest BCUT2D eigenvalue weighted by Gasteiger charge is -2.26. The third-order valence-electron chi connectivity index (χ3n) is 5.98. The third-order valence-corrected chi connectivity index (χ3v) is 6.78. The normalized spacial score (nSPS) is 14.3. The predicted molar refractivity (Wildman–Crippen MR) is 151 cm³/mol. The molecule has 3 aromatic rings. The van der Waals surface area contributed by atoms with Crippen molar-refractivity contribution in [3.05, 3.63) is 86.2 Å². The minimum Gasteiger partial charge on any atom is -0.493 e. The van der Waals surface area contributed by atoms with E-state index in [0.29, 0.717) is 20.6 Å². The van der Waals surface area contributed by atoms with Crippen LogP contribution in [-0.4, -0.2) is 37.5 Å². The molecule has 11 heteroatoms. The summed E-state index contributed by atoms with van der Waals surface area (Å²) in [7, 11) is 1.42. The van der Waals surface area contributed by atoms with Crippen molar-refractivity contribution in [2.45, 2.75) is 13.8 Å². The van der Waals surface area contributed by atoms with E-state index in [4.69, 9.17) is 9.47 Å². The molecule has 2 N–H and O–H groups in total. The molecule has 0 unspecified atom stereocenters. The van der Waals surface area contributed by atoms with E-state index in [1.54, 1.807) is 12.1 Å². The van der Waals surface area contributed by atoms with Crippen LogP contribution in [0.4, 0.5) is 20.6 Å². The standard InChI is InChI=1S/C28H23FIN3O6/c1-15-5-4-6-22(16(15)2)31-24(34)14-39-25-21(30)12-17(13-23(25)38-3)11-20-26(35)32-28(37)33(27(20)36)19-9-7-18(29)8-10-19/h4-13H,14H2,1-3H3,(H,31,34)(H,32,35,37)/b20-11+. The Labute approximate surface area is 237 Å². The Kier molecular flexibility index (Phi) is 8.29. The fourth-order valence-electron chi connectivity index (χ4n) is 3.82. The first-order valence-corrected chi connectivity index (χ1v) is 12.7. The quantitative estimate of drug-likeness (QED) is 0.219. The maximum atomic E-state index is 13.3. The van der Waals surface area contributed by atoms with Gasteiger partial charge in [-0.25, -0.2) is 14.1 Å². The molecule has 0 spiro atoms. The van der Waals surface area contributed by atoms with Crippen molar-refractivity contribution in [1.82, 2.24) is 5.32 Å². The summed E-state index contributed by atoms with van der Waals surface area (Å²) < 4.78 is 25.1. The first-order valence-electron chi connectivity index (χ1n) is 11.6. The summed E-state index contributed by atoms with van der Waals surface area (Å²) in [6.45, 7) is 3.58. The highest BCUT2D eigenvalue weighted by molar-refractivity contribution is 14.1. The lowest BCUT2D eigenvalue weighted by Crippen LogP contribution is -2.54. The number of carbonyl (C=O) groups excluding carboxylic acids is 4. The van der Waals surface area contributed by atoms with Crippen molar-refractivity contribution in [2.24, 2.45) is 0 Å². The average Bonchev–Trinajstić information content (AvgIpc) is 2.89. The molecule has 1 heterocycles. The van der Waals surface area contributed by atoms with Crippen molar-refractivity contribution in [3.63, 3.8) is 0 Å². The number of benzene rings is 3. The zero-order chi connectivity index (χ0) is 28.3. The number of anilines is 2. The van der Waals surface area contributed by atoms with E-state index in [0.717, 1.165) is 28.2 Å². The van der Waals surface area contributed by atoms with Gasteiger partial charge in [0.15, 0.2) is 18.1 Å². The zero-order valence-corrected chi connectivity index (χ0v) is 23.3. The summed E-state index contributed by atoms with van der Waals surface area (Å²) in [4.78, 5) is 51.3. The molecule has 0 radical (unpaired) electrons. The number of halogens is 2. The summed E-state index contributed by atoms with van der Waals surface area (Å²) in [6.07, 6.45) is 1.31. The number of imide groups is 2. The molecule has 1 aliphatic rings. The first-order chi connectivity index (χ1) is 18.6. The number of hydrogen-bond donors (Lipinski definition) is 2. The van der Waals surface area contributed by atoms with Gasteiger partial charge >= 0.3 is 6.03 Å². The average molecular weight is 643 g/mol. The summed E-state index contributed by atoms with van der Waals surface area (Å²) in [6, 6.07) is 12.6. The number of aryl methyl sites for hydroxylation is 1. The summed E-state index contributed by atoms with van der Waals surface area (Å²) in [5, 5.41) is 4.95. The van der Waals surface area contributed by atoms with Gasteiger partial charge in [-0.15, -0.1) is 0 Å². The summed E-state index contributed by atoms with van der Waals surface area (Å²) in [5.41, 5.74) is 2.90. The van der Waals surface area contributed by atoms with E-state index >= 15 is 0 Å². The molecule has 5 amide bonds. The Bertz CT molecular complexity index is 1520. The Hall–Kier alpha value is -4.26. The number of amides is 5. The molecule has 4 rings (SSSR count). The van der Waals surface area contributed by atoms with Gasteiger partial charge in [0.1, 0.15) is 11.4 Å². The summed E-state index contributed by atoms with van der Waals surface area (Å²) >= 11 is 1.99. The lowest BCUT2D eigenvalue weighted by molar-refractivity contribution is -0.122. The molecule has 0 aromatic heterocycles. The molecule has 39 heavy (non-hydrogen) atoms. The van der Waals surface area contributed by atoms with E-state index in [1.165, 1.54) is 31.4 Å². The SMILES string of the molecule is COc1cc(/C=C2\C(=O)NC(=O)N(c3ccc(F)cc3)C2=O)cc(I)c1OCC(=O)Nc1cccc(C)c1C. The Morgan fingerprint density at radius 3 is 2.51 bits per heavy atom. The maximum absolute atomic E-state index is 13.3. The van der Waals surface area contributed by atoms with Crippen LogP contribution >= 0.6 is 22.6 Å². The molecule has 1 saturated heterocycles. The number of nitrogens with zero attached hydrogens (tertiary/aromatic N) is 1. The number of nitrogens with one attached hydrogen (secondary N) is 2. The molecule has 9 nitrogen and oxygen atoms in total. The molecule has 0 bridgehead atoms. The third kappa shape index (κ3) is 6.08. The number of urea groups is 1. The second-order valence-electron chi connectivity index (χ2n) is 8.55. The van der Waals surface area contributed by atoms with Gasteiger partial charge in [0.25, 0.3) is 17.7 Å². The van der Waals surface area contributed by atoms with Gasteiger partial charge in [0, 0.05) is 5.69 Å². The van der Waals surface area contributed by atoms with Crippen LogP contribution in [0.1, 0.15) is 16.7 Å². The van der Waals surface area contributed by atoms with E-state index in [-0.39, 0.29) is 29.5 Å². The highest BCUT2D eigenvalue weighted by Crippen LogP contribution is 2.35. The van der Waals surface area contributed by atoms with Crippen molar-refractivity contribution in [3.8, 4) is 11.5 Å². The van der Waals surface area contributed by atoms with E-state index < -0.39 is 23.7 Å². The number of hydrogen-bond acceptors (Lipinski definition) is 6. The summed E-state index contributed by atoms with van der Waals surface area (Å²) in [5.74, 6) is -2.07. The minimum absolute atomic E-state index is 0.104. The van der Waals surface area contributed by atoms with Gasteiger partial charge in [-0.05, 0) is 102 Å². The fourth-order valence-corrected chi connectivity index (χ4v) is 4.60.